The molecule has 182 valence electrons. The minimum absolute atomic E-state index is 0.00254. The predicted octanol–water partition coefficient (Wildman–Crippen LogP) is 5.30. The van der Waals surface area contributed by atoms with Gasteiger partial charge in [0.15, 0.2) is 0 Å². The first-order valence-electron chi connectivity index (χ1n) is 11.6. The first kappa shape index (κ1) is 24.3. The summed E-state index contributed by atoms with van der Waals surface area (Å²) in [5.74, 6) is 0.0710. The molecule has 1 aliphatic rings. The molecule has 1 atom stereocenters. The molecule has 7 nitrogen and oxygen atoms in total. The number of aryl methyl sites for hydroxylation is 1. The number of carbonyl (C=O) groups is 2. The molecule has 1 aromatic carbocycles. The molecular formula is C28H30N2O5. The number of pyridine rings is 1. The third-order valence-electron chi connectivity index (χ3n) is 6.01. The molecule has 0 bridgehead atoms. The molecule has 1 fully saturated rings. The maximum absolute atomic E-state index is 13.3. The number of aromatic nitrogens is 1. The highest BCUT2D eigenvalue weighted by Crippen LogP contribution is 2.42. The molecule has 1 N–H and O–H groups in total. The molecule has 1 aliphatic heterocycles. The van der Waals surface area contributed by atoms with Crippen molar-refractivity contribution in [2.45, 2.75) is 52.6 Å². The van der Waals surface area contributed by atoms with Crippen LogP contribution in [0.25, 0.3) is 5.76 Å². The Morgan fingerprint density at radius 2 is 1.94 bits per heavy atom. The van der Waals surface area contributed by atoms with E-state index in [4.69, 9.17) is 9.15 Å². The van der Waals surface area contributed by atoms with Crippen molar-refractivity contribution in [3.63, 3.8) is 0 Å². The summed E-state index contributed by atoms with van der Waals surface area (Å²) in [6, 6.07) is 11.5. The highest BCUT2D eigenvalue weighted by Gasteiger charge is 2.47. The minimum atomic E-state index is -0.867. The van der Waals surface area contributed by atoms with Crippen LogP contribution in [0.3, 0.4) is 0 Å². The van der Waals surface area contributed by atoms with Gasteiger partial charge in [-0.25, -0.2) is 0 Å². The zero-order chi connectivity index (χ0) is 25.3. The molecule has 7 heteroatoms. The van der Waals surface area contributed by atoms with Gasteiger partial charge in [0.1, 0.15) is 29.1 Å². The number of hydrogen-bond donors (Lipinski definition) is 1. The summed E-state index contributed by atoms with van der Waals surface area (Å²) < 4.78 is 11.6. The number of nitrogens with zero attached hydrogens (tertiary/aromatic N) is 2. The fraction of sp³-hybridized carbons (Fsp3) is 0.321. The standard InChI is InChI=1S/C28H30N2O5/c1-6-34-21-12-10-19(14-20(21)28(3,4)5)25(31)23-24(22-11-9-17(2)35-22)30(27(33)26(23)32)16-18-8-7-13-29-15-18/h7-15,24,31H,6,16H2,1-5H3/b25-23-. The fourth-order valence-corrected chi connectivity index (χ4v) is 4.33. The van der Waals surface area contributed by atoms with Crippen molar-refractivity contribution in [1.29, 1.82) is 0 Å². The van der Waals surface area contributed by atoms with E-state index in [1.165, 1.54) is 4.90 Å². The number of carbonyl (C=O) groups excluding carboxylic acids is 2. The topological polar surface area (TPSA) is 92.9 Å². The van der Waals surface area contributed by atoms with Crippen molar-refractivity contribution in [3.05, 3.63) is 88.6 Å². The van der Waals surface area contributed by atoms with Crippen molar-refractivity contribution in [1.82, 2.24) is 9.88 Å². The Balaban J connectivity index is 1.87. The molecule has 2 aromatic heterocycles. The molecule has 3 aromatic rings. The van der Waals surface area contributed by atoms with Crippen LogP contribution in [0.2, 0.25) is 0 Å². The van der Waals surface area contributed by atoms with E-state index in [1.807, 2.05) is 39.8 Å². The zero-order valence-electron chi connectivity index (χ0n) is 20.7. The monoisotopic (exact) mass is 474 g/mol. The van der Waals surface area contributed by atoms with Crippen molar-refractivity contribution >= 4 is 17.4 Å². The maximum atomic E-state index is 13.3. The number of aliphatic hydroxyl groups excluding tert-OH is 1. The van der Waals surface area contributed by atoms with E-state index in [9.17, 15) is 14.7 Å². The Morgan fingerprint density at radius 3 is 2.54 bits per heavy atom. The third kappa shape index (κ3) is 4.71. The van der Waals surface area contributed by atoms with Gasteiger partial charge < -0.3 is 19.2 Å². The van der Waals surface area contributed by atoms with Crippen LogP contribution in [-0.2, 0) is 21.5 Å². The predicted molar refractivity (Wildman–Crippen MR) is 132 cm³/mol. The molecule has 1 amide bonds. The second-order valence-electron chi connectivity index (χ2n) is 9.63. The Labute approximate surface area is 205 Å². The number of ether oxygens (including phenoxy) is 1. The van der Waals surface area contributed by atoms with Crippen molar-refractivity contribution in [2.24, 2.45) is 0 Å². The van der Waals surface area contributed by atoms with Crippen molar-refractivity contribution < 1.29 is 23.8 Å². The van der Waals surface area contributed by atoms with E-state index >= 15 is 0 Å². The number of rotatable bonds is 6. The highest BCUT2D eigenvalue weighted by molar-refractivity contribution is 6.46. The van der Waals surface area contributed by atoms with Gasteiger partial charge in [-0.3, -0.25) is 14.6 Å². The van der Waals surface area contributed by atoms with E-state index in [2.05, 4.69) is 4.98 Å². The van der Waals surface area contributed by atoms with Gasteiger partial charge in [0.05, 0.1) is 12.2 Å². The Bertz CT molecular complexity index is 1280. The van der Waals surface area contributed by atoms with Gasteiger partial charge in [-0.2, -0.15) is 0 Å². The lowest BCUT2D eigenvalue weighted by Gasteiger charge is -2.25. The second-order valence-corrected chi connectivity index (χ2v) is 9.63. The lowest BCUT2D eigenvalue weighted by atomic mass is 9.84. The van der Waals surface area contributed by atoms with E-state index in [0.29, 0.717) is 29.4 Å². The normalized spacial score (nSPS) is 17.7. The van der Waals surface area contributed by atoms with E-state index in [-0.39, 0.29) is 23.3 Å². The number of aliphatic hydroxyl groups is 1. The van der Waals surface area contributed by atoms with Gasteiger partial charge in [-0.1, -0.05) is 26.8 Å². The van der Waals surface area contributed by atoms with Crippen LogP contribution >= 0.6 is 0 Å². The van der Waals surface area contributed by atoms with Gasteiger partial charge in [-0.15, -0.1) is 0 Å². The van der Waals surface area contributed by atoms with Gasteiger partial charge in [0.2, 0.25) is 0 Å². The van der Waals surface area contributed by atoms with Crippen molar-refractivity contribution in [2.75, 3.05) is 6.61 Å². The minimum Gasteiger partial charge on any atom is -0.507 e. The lowest BCUT2D eigenvalue weighted by Crippen LogP contribution is -2.29. The van der Waals surface area contributed by atoms with Gasteiger partial charge in [-0.05, 0) is 61.2 Å². The van der Waals surface area contributed by atoms with Crippen LogP contribution in [0.5, 0.6) is 5.75 Å². The van der Waals surface area contributed by atoms with Crippen LogP contribution < -0.4 is 4.74 Å². The summed E-state index contributed by atoms with van der Waals surface area (Å²) in [5.41, 5.74) is 1.81. The summed E-state index contributed by atoms with van der Waals surface area (Å²) >= 11 is 0. The smallest absolute Gasteiger partial charge is 0.296 e. The van der Waals surface area contributed by atoms with E-state index < -0.39 is 17.7 Å². The Kier molecular flexibility index (Phi) is 6.52. The third-order valence-corrected chi connectivity index (χ3v) is 6.01. The van der Waals surface area contributed by atoms with Crippen LogP contribution in [0, 0.1) is 6.92 Å². The van der Waals surface area contributed by atoms with E-state index in [0.717, 1.165) is 11.1 Å². The molecule has 1 saturated heterocycles. The number of amides is 1. The molecule has 4 rings (SSSR count). The zero-order valence-corrected chi connectivity index (χ0v) is 20.7. The number of hydrogen-bond acceptors (Lipinski definition) is 6. The molecule has 0 aliphatic carbocycles. The molecule has 0 saturated carbocycles. The summed E-state index contributed by atoms with van der Waals surface area (Å²) in [6.45, 7) is 10.5. The molecule has 1 unspecified atom stereocenters. The lowest BCUT2D eigenvalue weighted by molar-refractivity contribution is -0.140. The van der Waals surface area contributed by atoms with Gasteiger partial charge >= 0.3 is 0 Å². The van der Waals surface area contributed by atoms with Crippen molar-refractivity contribution in [3.8, 4) is 5.75 Å². The summed E-state index contributed by atoms with van der Waals surface area (Å²) in [4.78, 5) is 32.0. The van der Waals surface area contributed by atoms with Crippen LogP contribution in [0.1, 0.15) is 61.9 Å². The summed E-state index contributed by atoms with van der Waals surface area (Å²) in [5, 5.41) is 11.4. The molecule has 0 spiro atoms. The largest absolute Gasteiger partial charge is 0.507 e. The van der Waals surface area contributed by atoms with Gasteiger partial charge in [0, 0.05) is 30.1 Å². The van der Waals surface area contributed by atoms with Crippen LogP contribution in [0.15, 0.2) is 64.8 Å². The number of ketones is 1. The van der Waals surface area contributed by atoms with E-state index in [1.54, 1.807) is 49.6 Å². The average molecular weight is 475 g/mol. The summed E-state index contributed by atoms with van der Waals surface area (Å²) in [6.07, 6.45) is 3.29. The van der Waals surface area contributed by atoms with Gasteiger partial charge in [0.25, 0.3) is 11.7 Å². The Morgan fingerprint density at radius 1 is 1.17 bits per heavy atom. The highest BCUT2D eigenvalue weighted by atomic mass is 16.5. The fourth-order valence-electron chi connectivity index (χ4n) is 4.33. The molecule has 3 heterocycles. The molecular weight excluding hydrogens is 444 g/mol. The van der Waals surface area contributed by atoms with Crippen LogP contribution in [-0.4, -0.2) is 33.3 Å². The Hall–Kier alpha value is -3.87. The second kappa shape index (κ2) is 9.41. The number of furan rings is 1. The molecule has 35 heavy (non-hydrogen) atoms. The number of likely N-dealkylation sites (tertiary alicyclic amines) is 1. The first-order valence-corrected chi connectivity index (χ1v) is 11.6. The number of benzene rings is 1. The SMILES string of the molecule is CCOc1ccc(/C(O)=C2/C(=O)C(=O)N(Cc3cccnc3)C2c2ccc(C)o2)cc1C(C)(C)C. The first-order chi connectivity index (χ1) is 16.6. The average Bonchev–Trinajstić information content (AvgIpc) is 3.35. The summed E-state index contributed by atoms with van der Waals surface area (Å²) in [7, 11) is 0. The quantitative estimate of drug-likeness (QED) is 0.296. The number of Topliss-reactive ketones (excluding diaryl/α,β-unsaturated/α-hetero) is 1. The maximum Gasteiger partial charge on any atom is 0.296 e. The van der Waals surface area contributed by atoms with Crippen LogP contribution in [0.4, 0.5) is 0 Å². The molecule has 0 radical (unpaired) electrons.